The van der Waals surface area contributed by atoms with Crippen molar-refractivity contribution in [3.8, 4) is 0 Å². The molecule has 0 saturated heterocycles. The molecule has 174 valence electrons. The molecule has 32 heavy (non-hydrogen) atoms. The van der Waals surface area contributed by atoms with E-state index in [1.54, 1.807) is 0 Å². The second-order valence-electron chi connectivity index (χ2n) is 8.61. The van der Waals surface area contributed by atoms with Gasteiger partial charge in [-0.3, -0.25) is 0 Å². The van der Waals surface area contributed by atoms with Crippen molar-refractivity contribution in [3.05, 3.63) is 55.5 Å². The Kier molecular flexibility index (Phi) is 5.96. The summed E-state index contributed by atoms with van der Waals surface area (Å²) < 4.78 is -3.19. The van der Waals surface area contributed by atoms with Gasteiger partial charge in [-0.05, 0) is 24.0 Å². The number of hydrogen-bond acceptors (Lipinski definition) is 0. The number of allylic oxidation sites excluding steroid dienone is 4. The zero-order chi connectivity index (χ0) is 23.9. The summed E-state index contributed by atoms with van der Waals surface area (Å²) in [6.07, 6.45) is 0.619. The summed E-state index contributed by atoms with van der Waals surface area (Å²) in [4.78, 5) is -5.33. The highest BCUT2D eigenvalue weighted by molar-refractivity contribution is 6.66. The van der Waals surface area contributed by atoms with E-state index in [-0.39, 0.29) is 32.0 Å². The molecule has 0 spiro atoms. The van der Waals surface area contributed by atoms with Crippen molar-refractivity contribution >= 4 is 139 Å². The third-order valence-electron chi connectivity index (χ3n) is 7.30. The standard InChI is InChI=1S/C20H10Cl12/c21-11-13(23)17(27)9(5-15(11,25)19(17,29)30)7-1-2-8(4-3-7)10-6-16(26)12(22)14(24)18(10,28)20(16,31)32/h1-4,9-10H,5-6H2. The fourth-order valence-electron chi connectivity index (χ4n) is 5.47. The molecule has 1 aromatic carbocycles. The molecular weight excluding hydrogens is 666 g/mol. The summed E-state index contributed by atoms with van der Waals surface area (Å²) >= 11 is 79.4. The van der Waals surface area contributed by atoms with E-state index in [1.165, 1.54) is 0 Å². The second kappa shape index (κ2) is 7.39. The van der Waals surface area contributed by atoms with E-state index in [1.807, 2.05) is 24.3 Å². The van der Waals surface area contributed by atoms with Gasteiger partial charge in [0.05, 0.1) is 20.1 Å². The van der Waals surface area contributed by atoms with Crippen LogP contribution in [0.4, 0.5) is 0 Å². The van der Waals surface area contributed by atoms with E-state index < -0.39 is 28.2 Å². The summed E-state index contributed by atoms with van der Waals surface area (Å²) in [6, 6.07) is 7.51. The van der Waals surface area contributed by atoms with Crippen molar-refractivity contribution in [2.45, 2.75) is 52.8 Å². The lowest BCUT2D eigenvalue weighted by Crippen LogP contribution is -2.44. The molecule has 0 aliphatic heterocycles. The van der Waals surface area contributed by atoms with Crippen molar-refractivity contribution in [2.24, 2.45) is 0 Å². The van der Waals surface area contributed by atoms with Gasteiger partial charge >= 0.3 is 0 Å². The van der Waals surface area contributed by atoms with Crippen LogP contribution in [0.5, 0.6) is 0 Å². The summed E-state index contributed by atoms with van der Waals surface area (Å²) in [5.41, 5.74) is 1.66. The van der Waals surface area contributed by atoms with Crippen molar-refractivity contribution in [2.75, 3.05) is 0 Å². The summed E-state index contributed by atoms with van der Waals surface area (Å²) in [7, 11) is 0. The van der Waals surface area contributed by atoms with Crippen molar-refractivity contribution < 1.29 is 0 Å². The largest absolute Gasteiger partial charge is 0.166 e. The first-order valence-corrected chi connectivity index (χ1v) is 13.8. The van der Waals surface area contributed by atoms with E-state index >= 15 is 0 Å². The second-order valence-corrected chi connectivity index (χ2v) is 15.3. The van der Waals surface area contributed by atoms with Crippen LogP contribution in [-0.2, 0) is 0 Å². The Balaban J connectivity index is 1.53. The molecule has 4 aliphatic rings. The lowest BCUT2D eigenvalue weighted by atomic mass is 9.82. The Morgan fingerprint density at radius 1 is 0.500 bits per heavy atom. The minimum Gasteiger partial charge on any atom is -0.110 e. The van der Waals surface area contributed by atoms with Crippen LogP contribution in [0.25, 0.3) is 0 Å². The molecule has 4 aliphatic carbocycles. The van der Waals surface area contributed by atoms with Gasteiger partial charge in [0.15, 0.2) is 8.67 Å². The summed E-state index contributed by atoms with van der Waals surface area (Å²) in [5, 5.41) is 0.648. The van der Waals surface area contributed by atoms with E-state index in [4.69, 9.17) is 139 Å². The van der Waals surface area contributed by atoms with Gasteiger partial charge in [0.25, 0.3) is 0 Å². The average molecular weight is 676 g/mol. The number of rotatable bonds is 2. The van der Waals surface area contributed by atoms with Crippen LogP contribution in [0.2, 0.25) is 0 Å². The molecule has 4 bridgehead atoms. The molecule has 0 amide bonds. The van der Waals surface area contributed by atoms with E-state index in [0.717, 1.165) is 11.1 Å². The van der Waals surface area contributed by atoms with Gasteiger partial charge in [0.2, 0.25) is 0 Å². The number of alkyl halides is 8. The number of benzene rings is 1. The molecule has 2 fully saturated rings. The molecule has 6 unspecified atom stereocenters. The van der Waals surface area contributed by atoms with Gasteiger partial charge in [0, 0.05) is 11.8 Å². The molecule has 0 radical (unpaired) electrons. The Hall–Kier alpha value is 2.18. The Morgan fingerprint density at radius 2 is 0.781 bits per heavy atom. The molecule has 5 rings (SSSR count). The highest BCUT2D eigenvalue weighted by Crippen LogP contribution is 2.77. The van der Waals surface area contributed by atoms with Crippen LogP contribution >= 0.6 is 139 Å². The maximum atomic E-state index is 6.92. The SMILES string of the molecule is ClC1=C(Cl)C2(Cl)C(c3ccc(C4CC5(Cl)C(Cl)=C(Cl)C4(Cl)C5(Cl)Cl)cc3)CC1(Cl)C2(Cl)Cl. The predicted molar refractivity (Wildman–Crippen MR) is 142 cm³/mol. The highest BCUT2D eigenvalue weighted by atomic mass is 35.5. The van der Waals surface area contributed by atoms with Gasteiger partial charge in [0.1, 0.15) is 19.5 Å². The normalized spacial score (nSPS) is 46.0. The molecule has 0 nitrogen and oxygen atoms in total. The van der Waals surface area contributed by atoms with Crippen molar-refractivity contribution in [3.63, 3.8) is 0 Å². The molecule has 12 heteroatoms. The van der Waals surface area contributed by atoms with Gasteiger partial charge in [-0.2, -0.15) is 0 Å². The topological polar surface area (TPSA) is 0 Å². The molecule has 0 aromatic heterocycles. The van der Waals surface area contributed by atoms with E-state index in [0.29, 0.717) is 12.8 Å². The van der Waals surface area contributed by atoms with Crippen molar-refractivity contribution in [1.29, 1.82) is 0 Å². The van der Waals surface area contributed by atoms with Gasteiger partial charge in [-0.1, -0.05) is 117 Å². The number of halogens is 12. The van der Waals surface area contributed by atoms with E-state index in [2.05, 4.69) is 0 Å². The van der Waals surface area contributed by atoms with Crippen LogP contribution < -0.4 is 0 Å². The first-order valence-electron chi connectivity index (χ1n) is 9.27. The van der Waals surface area contributed by atoms with Crippen LogP contribution in [0.3, 0.4) is 0 Å². The Morgan fingerprint density at radius 3 is 1.00 bits per heavy atom. The molecule has 0 heterocycles. The zero-order valence-electron chi connectivity index (χ0n) is 15.4. The third-order valence-corrected chi connectivity index (χ3v) is 15.9. The van der Waals surface area contributed by atoms with Crippen LogP contribution in [-0.4, -0.2) is 28.2 Å². The fourth-order valence-corrected chi connectivity index (χ4v) is 11.1. The minimum absolute atomic E-state index is 0.152. The maximum Gasteiger partial charge on any atom is 0.166 e. The average Bonchev–Trinajstić information content (AvgIpc) is 3.10. The number of hydrogen-bond donors (Lipinski definition) is 0. The molecule has 2 saturated carbocycles. The molecule has 0 N–H and O–H groups in total. The molecular formula is C20H10Cl12. The van der Waals surface area contributed by atoms with Crippen molar-refractivity contribution in [1.82, 2.24) is 0 Å². The van der Waals surface area contributed by atoms with Gasteiger partial charge < -0.3 is 0 Å². The minimum atomic E-state index is -1.59. The first-order chi connectivity index (χ1) is 14.5. The van der Waals surface area contributed by atoms with Gasteiger partial charge in [-0.15, -0.1) is 46.4 Å². The lowest BCUT2D eigenvalue weighted by molar-refractivity contribution is 0.592. The third kappa shape index (κ3) is 2.58. The van der Waals surface area contributed by atoms with Crippen LogP contribution in [0, 0.1) is 0 Å². The van der Waals surface area contributed by atoms with E-state index in [9.17, 15) is 0 Å². The van der Waals surface area contributed by atoms with Crippen LogP contribution in [0.15, 0.2) is 44.4 Å². The lowest BCUT2D eigenvalue weighted by Gasteiger charge is -2.35. The number of fused-ring (bicyclic) bond motifs is 4. The maximum absolute atomic E-state index is 6.92. The fraction of sp³-hybridized carbons (Fsp3) is 0.500. The molecule has 1 aromatic rings. The van der Waals surface area contributed by atoms with Crippen LogP contribution in [0.1, 0.15) is 35.8 Å². The first kappa shape index (κ1) is 25.8. The Bertz CT molecular complexity index is 1020. The molecule has 6 atom stereocenters. The smallest absolute Gasteiger partial charge is 0.110 e. The highest BCUT2D eigenvalue weighted by Gasteiger charge is 2.79. The monoisotopic (exact) mass is 670 g/mol. The predicted octanol–water partition coefficient (Wildman–Crippen LogP) is 10.3. The zero-order valence-corrected chi connectivity index (χ0v) is 24.5. The quantitative estimate of drug-likeness (QED) is 0.274. The Labute approximate surface area is 245 Å². The van der Waals surface area contributed by atoms with Gasteiger partial charge in [-0.25, -0.2) is 0 Å². The summed E-state index contributed by atoms with van der Waals surface area (Å²) in [6.45, 7) is 0. The summed E-state index contributed by atoms with van der Waals surface area (Å²) in [5.74, 6) is -0.772.